The summed E-state index contributed by atoms with van der Waals surface area (Å²) in [5, 5.41) is 7.51. The molecule has 26 heavy (non-hydrogen) atoms. The molecule has 0 spiro atoms. The second-order valence-electron chi connectivity index (χ2n) is 6.25. The number of thioether (sulfide) groups is 1. The summed E-state index contributed by atoms with van der Waals surface area (Å²) in [6.07, 6.45) is 1.71. The Balaban J connectivity index is 1.31. The van der Waals surface area contributed by atoms with Crippen LogP contribution in [-0.4, -0.2) is 46.7 Å². The van der Waals surface area contributed by atoms with Crippen molar-refractivity contribution in [1.82, 2.24) is 25.3 Å². The molecular weight excluding hydrogens is 350 g/mol. The summed E-state index contributed by atoms with van der Waals surface area (Å²) < 4.78 is 11.0. The standard InChI is InChI=1S/C18H21N5O2S/c1-23-8-7-19-9-15(23)17-21-16(25-22-17)12-26-11-14-10-24-18(20-14)13-5-3-2-4-6-13/h2-6,10,15,19H,7-9,11-12H2,1H3. The number of piperazine rings is 1. The van der Waals surface area contributed by atoms with Crippen LogP contribution in [0.25, 0.3) is 11.5 Å². The van der Waals surface area contributed by atoms with E-state index < -0.39 is 0 Å². The SMILES string of the molecule is CN1CCNCC1c1noc(CSCc2coc(-c3ccccc3)n2)n1. The van der Waals surface area contributed by atoms with Crippen molar-refractivity contribution in [2.45, 2.75) is 17.5 Å². The summed E-state index contributed by atoms with van der Waals surface area (Å²) >= 11 is 1.68. The topological polar surface area (TPSA) is 80.2 Å². The number of hydrogen-bond acceptors (Lipinski definition) is 8. The second kappa shape index (κ2) is 8.03. The zero-order valence-electron chi connectivity index (χ0n) is 14.6. The van der Waals surface area contributed by atoms with Crippen LogP contribution in [0.2, 0.25) is 0 Å². The van der Waals surface area contributed by atoms with Crippen LogP contribution in [-0.2, 0) is 11.5 Å². The molecule has 1 saturated heterocycles. The highest BCUT2D eigenvalue weighted by Gasteiger charge is 2.25. The predicted molar refractivity (Wildman–Crippen MR) is 99.5 cm³/mol. The number of nitrogens with zero attached hydrogens (tertiary/aromatic N) is 4. The van der Waals surface area contributed by atoms with Gasteiger partial charge in [0, 0.05) is 31.0 Å². The molecule has 3 aromatic rings. The van der Waals surface area contributed by atoms with E-state index in [1.807, 2.05) is 30.3 Å². The first-order valence-electron chi connectivity index (χ1n) is 8.60. The number of hydrogen-bond donors (Lipinski definition) is 1. The Labute approximate surface area is 156 Å². The first-order chi connectivity index (χ1) is 12.8. The van der Waals surface area contributed by atoms with Gasteiger partial charge in [-0.1, -0.05) is 23.4 Å². The van der Waals surface area contributed by atoms with E-state index in [9.17, 15) is 0 Å². The minimum absolute atomic E-state index is 0.176. The molecule has 3 heterocycles. The maximum atomic E-state index is 5.56. The van der Waals surface area contributed by atoms with Crippen molar-refractivity contribution >= 4 is 11.8 Å². The fourth-order valence-electron chi connectivity index (χ4n) is 2.89. The molecule has 0 radical (unpaired) electrons. The minimum Gasteiger partial charge on any atom is -0.444 e. The quantitative estimate of drug-likeness (QED) is 0.708. The zero-order valence-corrected chi connectivity index (χ0v) is 15.4. The van der Waals surface area contributed by atoms with E-state index >= 15 is 0 Å². The molecule has 0 amide bonds. The second-order valence-corrected chi connectivity index (χ2v) is 7.24. The van der Waals surface area contributed by atoms with Crippen LogP contribution in [0.4, 0.5) is 0 Å². The van der Waals surface area contributed by atoms with Gasteiger partial charge < -0.3 is 14.3 Å². The van der Waals surface area contributed by atoms with Crippen molar-refractivity contribution in [2.75, 3.05) is 26.7 Å². The van der Waals surface area contributed by atoms with Crippen LogP contribution in [0.3, 0.4) is 0 Å². The minimum atomic E-state index is 0.176. The number of likely N-dealkylation sites (N-methyl/N-ethyl adjacent to an activating group) is 1. The Bertz CT molecular complexity index is 835. The average molecular weight is 371 g/mol. The smallest absolute Gasteiger partial charge is 0.236 e. The Hall–Kier alpha value is -2.16. The summed E-state index contributed by atoms with van der Waals surface area (Å²) in [7, 11) is 2.09. The maximum absolute atomic E-state index is 5.56. The van der Waals surface area contributed by atoms with Crippen LogP contribution in [0.5, 0.6) is 0 Å². The Morgan fingerprint density at radius 1 is 1.23 bits per heavy atom. The lowest BCUT2D eigenvalue weighted by Crippen LogP contribution is -2.44. The molecule has 1 aliphatic rings. The monoisotopic (exact) mass is 371 g/mol. The molecule has 7 nitrogen and oxygen atoms in total. The van der Waals surface area contributed by atoms with Gasteiger partial charge in [0.15, 0.2) is 5.82 Å². The third kappa shape index (κ3) is 3.98. The Morgan fingerprint density at radius 2 is 2.12 bits per heavy atom. The van der Waals surface area contributed by atoms with E-state index in [4.69, 9.17) is 8.94 Å². The first-order valence-corrected chi connectivity index (χ1v) is 9.76. The summed E-state index contributed by atoms with van der Waals surface area (Å²) in [5.41, 5.74) is 1.89. The molecule has 8 heteroatoms. The lowest BCUT2D eigenvalue weighted by Gasteiger charge is -2.30. The Kier molecular flexibility index (Phi) is 5.33. The van der Waals surface area contributed by atoms with Crippen LogP contribution < -0.4 is 5.32 Å². The summed E-state index contributed by atoms with van der Waals surface area (Å²) in [5.74, 6) is 3.44. The number of rotatable bonds is 6. The number of benzene rings is 1. The lowest BCUT2D eigenvalue weighted by molar-refractivity contribution is 0.190. The molecule has 4 rings (SSSR count). The summed E-state index contributed by atoms with van der Waals surface area (Å²) in [6.45, 7) is 2.83. The highest BCUT2D eigenvalue weighted by Crippen LogP contribution is 2.23. The maximum Gasteiger partial charge on any atom is 0.236 e. The fourth-order valence-corrected chi connectivity index (χ4v) is 3.62. The molecule has 1 aliphatic heterocycles. The average Bonchev–Trinajstić information content (AvgIpc) is 3.33. The van der Waals surface area contributed by atoms with E-state index in [1.54, 1.807) is 18.0 Å². The van der Waals surface area contributed by atoms with Crippen LogP contribution >= 0.6 is 11.8 Å². The van der Waals surface area contributed by atoms with Gasteiger partial charge in [-0.05, 0) is 19.2 Å². The largest absolute Gasteiger partial charge is 0.444 e. The van der Waals surface area contributed by atoms with E-state index in [0.717, 1.165) is 42.5 Å². The molecule has 1 unspecified atom stereocenters. The molecule has 1 fully saturated rings. The highest BCUT2D eigenvalue weighted by atomic mass is 32.2. The van der Waals surface area contributed by atoms with Gasteiger partial charge in [0.2, 0.25) is 11.8 Å². The van der Waals surface area contributed by atoms with Crippen molar-refractivity contribution in [1.29, 1.82) is 0 Å². The van der Waals surface area contributed by atoms with Crippen molar-refractivity contribution in [3.63, 3.8) is 0 Å². The fraction of sp³-hybridized carbons (Fsp3) is 0.389. The summed E-state index contributed by atoms with van der Waals surface area (Å²) in [6, 6.07) is 10.1. The Morgan fingerprint density at radius 3 is 2.96 bits per heavy atom. The van der Waals surface area contributed by atoms with Gasteiger partial charge in [-0.25, -0.2) is 4.98 Å². The molecule has 1 atom stereocenters. The molecule has 136 valence electrons. The van der Waals surface area contributed by atoms with Gasteiger partial charge in [0.05, 0.1) is 17.5 Å². The van der Waals surface area contributed by atoms with Crippen LogP contribution in [0.1, 0.15) is 23.5 Å². The number of nitrogens with one attached hydrogen (secondary N) is 1. The first kappa shape index (κ1) is 17.3. The van der Waals surface area contributed by atoms with Crippen LogP contribution in [0.15, 0.2) is 45.5 Å². The van der Waals surface area contributed by atoms with Crippen molar-refractivity contribution < 1.29 is 8.94 Å². The van der Waals surface area contributed by atoms with Gasteiger partial charge in [-0.15, -0.1) is 11.8 Å². The van der Waals surface area contributed by atoms with Gasteiger partial charge in [-0.3, -0.25) is 4.90 Å². The van der Waals surface area contributed by atoms with E-state index in [1.165, 1.54) is 0 Å². The van der Waals surface area contributed by atoms with Gasteiger partial charge in [-0.2, -0.15) is 4.98 Å². The van der Waals surface area contributed by atoms with Crippen molar-refractivity contribution in [2.24, 2.45) is 0 Å². The predicted octanol–water partition coefficient (Wildman–Crippen LogP) is 2.73. The highest BCUT2D eigenvalue weighted by molar-refractivity contribution is 7.97. The van der Waals surface area contributed by atoms with Crippen molar-refractivity contribution in [3.8, 4) is 11.5 Å². The molecule has 2 aromatic heterocycles. The normalized spacial score (nSPS) is 18.3. The van der Waals surface area contributed by atoms with Crippen molar-refractivity contribution in [3.05, 3.63) is 54.0 Å². The van der Waals surface area contributed by atoms with Gasteiger partial charge >= 0.3 is 0 Å². The molecular formula is C18H21N5O2S. The summed E-state index contributed by atoms with van der Waals surface area (Å²) in [4.78, 5) is 11.3. The molecule has 1 aromatic carbocycles. The van der Waals surface area contributed by atoms with Crippen LogP contribution in [0, 0.1) is 0 Å². The third-order valence-electron chi connectivity index (χ3n) is 4.34. The van der Waals surface area contributed by atoms with E-state index in [-0.39, 0.29) is 6.04 Å². The molecule has 1 N–H and O–H groups in total. The lowest BCUT2D eigenvalue weighted by atomic mass is 10.2. The molecule has 0 saturated carbocycles. The van der Waals surface area contributed by atoms with Gasteiger partial charge in [0.25, 0.3) is 0 Å². The third-order valence-corrected chi connectivity index (χ3v) is 5.29. The van der Waals surface area contributed by atoms with Gasteiger partial charge in [0.1, 0.15) is 6.26 Å². The zero-order chi connectivity index (χ0) is 17.8. The molecule has 0 bridgehead atoms. The number of aromatic nitrogens is 3. The number of oxazole rings is 1. The van der Waals surface area contributed by atoms with E-state index in [2.05, 4.69) is 32.4 Å². The van der Waals surface area contributed by atoms with E-state index in [0.29, 0.717) is 17.5 Å². The molecule has 0 aliphatic carbocycles.